The summed E-state index contributed by atoms with van der Waals surface area (Å²) in [6, 6.07) is -0.613. The molecule has 4 nitrogen and oxygen atoms in total. The average molecular weight is 634 g/mol. The van der Waals surface area contributed by atoms with Crippen LogP contribution in [0.4, 0.5) is 0 Å². The predicted octanol–water partition coefficient (Wildman–Crippen LogP) is 12.1. The van der Waals surface area contributed by atoms with E-state index in [1.807, 2.05) is 12.2 Å². The summed E-state index contributed by atoms with van der Waals surface area (Å²) in [5, 5.41) is 22.9. The molecule has 0 saturated heterocycles. The Balaban J connectivity index is 3.60. The van der Waals surface area contributed by atoms with E-state index in [9.17, 15) is 15.0 Å². The van der Waals surface area contributed by atoms with Crippen LogP contribution in [0.5, 0.6) is 0 Å². The Kier molecular flexibility index (Phi) is 36.4. The largest absolute Gasteiger partial charge is 0.394 e. The van der Waals surface area contributed by atoms with Crippen molar-refractivity contribution >= 4 is 5.91 Å². The molecule has 3 N–H and O–H groups in total. The van der Waals surface area contributed by atoms with Crippen molar-refractivity contribution in [2.75, 3.05) is 6.61 Å². The van der Waals surface area contributed by atoms with Crippen molar-refractivity contribution in [1.29, 1.82) is 0 Å². The molecule has 0 aliphatic rings. The van der Waals surface area contributed by atoms with Gasteiger partial charge in [0.25, 0.3) is 0 Å². The maximum absolute atomic E-state index is 12.3. The first kappa shape index (κ1) is 43.9. The molecule has 0 heterocycles. The molecule has 0 radical (unpaired) electrons. The second-order valence-corrected chi connectivity index (χ2v) is 13.7. The minimum absolute atomic E-state index is 0.138. The number of hydrogen-bond acceptors (Lipinski definition) is 3. The van der Waals surface area contributed by atoms with Crippen molar-refractivity contribution in [2.24, 2.45) is 0 Å². The number of carbonyl (C=O) groups is 1. The standard InChI is InChI=1S/C41H79NO3/c1-3-5-7-9-11-13-15-17-18-19-20-21-22-23-25-27-29-31-33-35-37-41(45)42-39(38-43)40(44)36-34-32-30-28-26-24-16-14-12-10-8-6-4-2/h32-35,39-40,43-44H,3-31,36-38H2,1-2H3,(H,42,45)/t39-,40+/m0/s1. The van der Waals surface area contributed by atoms with Crippen molar-refractivity contribution < 1.29 is 15.0 Å². The number of hydrogen-bond donors (Lipinski definition) is 3. The van der Waals surface area contributed by atoms with Crippen LogP contribution in [-0.2, 0) is 4.79 Å². The summed E-state index contributed by atoms with van der Waals surface area (Å²) in [4.78, 5) is 12.3. The van der Waals surface area contributed by atoms with Gasteiger partial charge in [-0.25, -0.2) is 0 Å². The summed E-state index contributed by atoms with van der Waals surface area (Å²) >= 11 is 0. The number of amides is 1. The van der Waals surface area contributed by atoms with E-state index in [0.29, 0.717) is 12.8 Å². The molecule has 0 aliphatic carbocycles. The van der Waals surface area contributed by atoms with Crippen LogP contribution in [0.1, 0.15) is 213 Å². The van der Waals surface area contributed by atoms with Gasteiger partial charge in [0.2, 0.25) is 5.91 Å². The molecule has 0 aromatic heterocycles. The van der Waals surface area contributed by atoms with Crippen molar-refractivity contribution in [3.8, 4) is 0 Å². The summed E-state index contributed by atoms with van der Waals surface area (Å²) in [5.41, 5.74) is 0. The molecule has 0 spiro atoms. The molecule has 0 bridgehead atoms. The minimum Gasteiger partial charge on any atom is -0.394 e. The lowest BCUT2D eigenvalue weighted by atomic mass is 10.0. The van der Waals surface area contributed by atoms with Gasteiger partial charge in [0, 0.05) is 6.42 Å². The highest BCUT2D eigenvalue weighted by molar-refractivity contribution is 5.77. The SMILES string of the molecule is CCCCCCCCCCCCC=CC[C@@H](O)[C@H](CO)NC(=O)CC=CCCCCCCCCCCCCCCCCCCC. The van der Waals surface area contributed by atoms with Gasteiger partial charge in [-0.2, -0.15) is 0 Å². The fourth-order valence-corrected chi connectivity index (χ4v) is 6.09. The summed E-state index contributed by atoms with van der Waals surface area (Å²) in [5.74, 6) is -0.138. The Morgan fingerprint density at radius 1 is 0.511 bits per heavy atom. The minimum atomic E-state index is -0.762. The van der Waals surface area contributed by atoms with Gasteiger partial charge < -0.3 is 15.5 Å². The lowest BCUT2D eigenvalue weighted by molar-refractivity contribution is -0.122. The van der Waals surface area contributed by atoms with E-state index >= 15 is 0 Å². The normalized spacial score (nSPS) is 13.2. The molecule has 266 valence electrons. The first-order valence-electron chi connectivity index (χ1n) is 20.0. The maximum atomic E-state index is 12.3. The monoisotopic (exact) mass is 634 g/mol. The summed E-state index contributed by atoms with van der Waals surface area (Å²) in [7, 11) is 0. The summed E-state index contributed by atoms with van der Waals surface area (Å²) < 4.78 is 0. The van der Waals surface area contributed by atoms with Gasteiger partial charge in [0.05, 0.1) is 18.8 Å². The third-order valence-corrected chi connectivity index (χ3v) is 9.22. The fourth-order valence-electron chi connectivity index (χ4n) is 6.09. The molecule has 0 fully saturated rings. The van der Waals surface area contributed by atoms with Crippen LogP contribution in [0, 0.1) is 0 Å². The lowest BCUT2D eigenvalue weighted by Crippen LogP contribution is -2.45. The smallest absolute Gasteiger partial charge is 0.224 e. The molecule has 2 atom stereocenters. The van der Waals surface area contributed by atoms with Crippen LogP contribution < -0.4 is 5.32 Å². The number of rotatable bonds is 36. The Morgan fingerprint density at radius 2 is 0.844 bits per heavy atom. The van der Waals surface area contributed by atoms with E-state index in [1.165, 1.54) is 173 Å². The first-order valence-corrected chi connectivity index (χ1v) is 20.0. The van der Waals surface area contributed by atoms with Gasteiger partial charge in [-0.1, -0.05) is 199 Å². The highest BCUT2D eigenvalue weighted by Crippen LogP contribution is 2.15. The van der Waals surface area contributed by atoms with E-state index in [-0.39, 0.29) is 12.5 Å². The third-order valence-electron chi connectivity index (χ3n) is 9.22. The zero-order valence-corrected chi connectivity index (χ0v) is 30.4. The highest BCUT2D eigenvalue weighted by Gasteiger charge is 2.18. The zero-order chi connectivity index (χ0) is 32.9. The Hall–Kier alpha value is -1.13. The molecule has 0 unspecified atom stereocenters. The molecular weight excluding hydrogens is 554 g/mol. The Bertz CT molecular complexity index is 647. The van der Waals surface area contributed by atoms with Gasteiger partial charge in [0.1, 0.15) is 0 Å². The molecule has 0 aliphatic heterocycles. The van der Waals surface area contributed by atoms with Gasteiger partial charge in [-0.15, -0.1) is 0 Å². The van der Waals surface area contributed by atoms with E-state index < -0.39 is 12.1 Å². The van der Waals surface area contributed by atoms with Gasteiger partial charge in [-0.05, 0) is 32.1 Å². The molecular formula is C41H79NO3. The molecule has 0 saturated carbocycles. The maximum Gasteiger partial charge on any atom is 0.224 e. The van der Waals surface area contributed by atoms with Crippen LogP contribution in [0.15, 0.2) is 24.3 Å². The van der Waals surface area contributed by atoms with Crippen LogP contribution in [-0.4, -0.2) is 34.9 Å². The second kappa shape index (κ2) is 37.3. The number of nitrogens with one attached hydrogen (secondary N) is 1. The van der Waals surface area contributed by atoms with E-state index in [2.05, 4.69) is 31.3 Å². The van der Waals surface area contributed by atoms with Crippen LogP contribution in [0.25, 0.3) is 0 Å². The predicted molar refractivity (Wildman–Crippen MR) is 198 cm³/mol. The number of carbonyl (C=O) groups excluding carboxylic acids is 1. The second-order valence-electron chi connectivity index (χ2n) is 13.7. The van der Waals surface area contributed by atoms with Crippen molar-refractivity contribution in [2.45, 2.75) is 225 Å². The number of aliphatic hydroxyl groups is 2. The molecule has 0 aromatic rings. The van der Waals surface area contributed by atoms with Crippen LogP contribution in [0.2, 0.25) is 0 Å². The summed E-state index contributed by atoms with van der Waals surface area (Å²) in [6.07, 6.45) is 47.1. The molecule has 0 aromatic carbocycles. The number of unbranched alkanes of at least 4 members (excludes halogenated alkanes) is 27. The quantitative estimate of drug-likeness (QED) is 0.0475. The van der Waals surface area contributed by atoms with Crippen LogP contribution in [0.3, 0.4) is 0 Å². The van der Waals surface area contributed by atoms with E-state index in [1.54, 1.807) is 0 Å². The Morgan fingerprint density at radius 3 is 1.20 bits per heavy atom. The number of aliphatic hydroxyl groups excluding tert-OH is 2. The molecule has 1 amide bonds. The first-order chi connectivity index (χ1) is 22.2. The fraction of sp³-hybridized carbons (Fsp3) is 0.878. The lowest BCUT2D eigenvalue weighted by Gasteiger charge is -2.21. The van der Waals surface area contributed by atoms with Crippen molar-refractivity contribution in [3.63, 3.8) is 0 Å². The van der Waals surface area contributed by atoms with Gasteiger partial charge in [-0.3, -0.25) is 4.79 Å². The number of allylic oxidation sites excluding steroid dienone is 2. The highest BCUT2D eigenvalue weighted by atomic mass is 16.3. The van der Waals surface area contributed by atoms with Crippen LogP contribution >= 0.6 is 0 Å². The Labute approximate surface area is 281 Å². The van der Waals surface area contributed by atoms with Crippen molar-refractivity contribution in [1.82, 2.24) is 5.32 Å². The third kappa shape index (κ3) is 34.0. The zero-order valence-electron chi connectivity index (χ0n) is 30.4. The van der Waals surface area contributed by atoms with Crippen molar-refractivity contribution in [3.05, 3.63) is 24.3 Å². The molecule has 0 rings (SSSR count). The molecule has 4 heteroatoms. The van der Waals surface area contributed by atoms with Gasteiger partial charge >= 0.3 is 0 Å². The average Bonchev–Trinajstić information content (AvgIpc) is 3.04. The summed E-state index contributed by atoms with van der Waals surface area (Å²) in [6.45, 7) is 4.30. The van der Waals surface area contributed by atoms with E-state index in [0.717, 1.165) is 12.8 Å². The molecule has 45 heavy (non-hydrogen) atoms. The topological polar surface area (TPSA) is 69.6 Å². The van der Waals surface area contributed by atoms with E-state index in [4.69, 9.17) is 0 Å². The van der Waals surface area contributed by atoms with Gasteiger partial charge in [0.15, 0.2) is 0 Å².